The van der Waals surface area contributed by atoms with Gasteiger partial charge in [-0.15, -0.1) is 0 Å². The number of carboxylic acid groups (broad SMARTS) is 2. The number of H-pyrrole nitrogens is 2. The normalized spacial score (nSPS) is 15.8. The van der Waals surface area contributed by atoms with Crippen LogP contribution in [0.2, 0.25) is 0 Å². The molecule has 2 aromatic heterocycles. The second-order valence-corrected chi connectivity index (χ2v) is 24.7. The molecule has 9 amide bonds. The fourth-order valence-electron chi connectivity index (χ4n) is 10.8. The van der Waals surface area contributed by atoms with E-state index in [2.05, 4.69) is 67.5 Å². The van der Waals surface area contributed by atoms with Crippen molar-refractivity contribution in [1.29, 1.82) is 0 Å². The summed E-state index contributed by atoms with van der Waals surface area (Å²) < 4.78 is 0. The van der Waals surface area contributed by atoms with Crippen molar-refractivity contribution in [3.63, 3.8) is 0 Å². The molecule has 19 N–H and O–H groups in total. The third-order valence-electron chi connectivity index (χ3n) is 16.2. The molecule has 1 fully saturated rings. The summed E-state index contributed by atoms with van der Waals surface area (Å²) in [5, 5.41) is 74.6. The number of aromatic amines is 2. The molecule has 11 atom stereocenters. The van der Waals surface area contributed by atoms with E-state index in [1.165, 1.54) is 43.8 Å². The maximum absolute atomic E-state index is 15.1. The molecular weight excluding hydrogens is 1300 g/mol. The maximum atomic E-state index is 15.1. The zero-order valence-electron chi connectivity index (χ0n) is 55.4. The number of amides is 9. The van der Waals surface area contributed by atoms with Gasteiger partial charge in [-0.25, -0.2) is 14.8 Å². The second kappa shape index (κ2) is 37.4. The second-order valence-electron chi connectivity index (χ2n) is 24.7. The number of aromatic nitrogens is 4. The van der Waals surface area contributed by atoms with Crippen LogP contribution in [-0.2, 0) is 78.4 Å². The Labute approximate surface area is 567 Å². The van der Waals surface area contributed by atoms with Crippen LogP contribution in [0, 0.1) is 38.0 Å². The number of rotatable bonds is 39. The predicted octanol–water partition coefficient (Wildman–Crippen LogP) is -1.52. The average molecular weight is 1390 g/mol. The summed E-state index contributed by atoms with van der Waals surface area (Å²) in [5.74, 6) is -14.8. The van der Waals surface area contributed by atoms with Crippen molar-refractivity contribution in [2.75, 3.05) is 13.1 Å². The van der Waals surface area contributed by atoms with E-state index in [0.717, 1.165) is 0 Å². The minimum atomic E-state index is -1.94. The van der Waals surface area contributed by atoms with Crippen molar-refractivity contribution in [3.05, 3.63) is 110 Å². The van der Waals surface area contributed by atoms with Crippen molar-refractivity contribution in [3.8, 4) is 5.75 Å². The number of guanidine groups is 1. The predicted molar refractivity (Wildman–Crippen MR) is 352 cm³/mol. The van der Waals surface area contributed by atoms with E-state index in [0.29, 0.717) is 29.1 Å². The van der Waals surface area contributed by atoms with Gasteiger partial charge in [0.05, 0.1) is 35.0 Å². The number of likely N-dealkylation sites (tertiary alicyclic amines) is 1. The van der Waals surface area contributed by atoms with E-state index in [4.69, 9.17) is 17.2 Å². The highest BCUT2D eigenvalue weighted by molar-refractivity contribution is 5.99. The number of phenolic OH excluding ortho intramolecular Hbond substituents is 1. The molecule has 1 aliphatic rings. The maximum Gasteiger partial charge on any atom is 0.326 e. The molecule has 0 spiro atoms. The van der Waals surface area contributed by atoms with Gasteiger partial charge in [-0.3, -0.25) is 73.2 Å². The number of benzene rings is 2. The standard InChI is InChI=1S/C62H87N19O18/c1-7-33(6)50(78-56(89)41(21-35-22-46(80(96)97)51(84)47(23-35)81(98)99)74-58(91)49(32(4)5)77-53(86)39(15-11-17-68-62(64)65)71-52(85)38(63)26-48(82)83)59(92)75-43(25-37-28-67-30-70-37)60(93)79-18-12-16-45(79)57(90)73-40(20-34-13-9-8-10-14-34)54(87)72-42(24-36-27-66-29-69-36)55(88)76-44(61(94)95)19-31(2)3/h8-10,13-14,22-23,27-33,38-45,49-50,84H,7,11-12,15-21,24-26,63H2,1-6H3,(H,66,69)(H,67,70)(H,71,85)(H,72,87)(H,73,90)(H,74,91)(H,75,92)(H,76,88)(H,77,86)(H,78,89)(H,82,83)(H,94,95)(H4,64,65,68)/t33?,38-,39-,40-,41-,42-,43-,44-,45-,49-,50-/m0/s1. The molecule has 0 saturated carbocycles. The Morgan fingerprint density at radius 1 is 0.657 bits per heavy atom. The molecule has 1 unspecified atom stereocenters. The first-order chi connectivity index (χ1) is 46.8. The molecule has 5 rings (SSSR count). The summed E-state index contributed by atoms with van der Waals surface area (Å²) in [6.07, 6.45) is 3.60. The number of aliphatic carboxylic acids is 2. The van der Waals surface area contributed by atoms with Crippen LogP contribution in [0.1, 0.15) is 109 Å². The zero-order valence-corrected chi connectivity index (χ0v) is 55.4. The number of carboxylic acids is 2. The third kappa shape index (κ3) is 23.9. The number of nitrogens with two attached hydrogens (primary N) is 3. The monoisotopic (exact) mass is 1390 g/mol. The number of hydrogen-bond donors (Lipinski definition) is 16. The molecule has 37 nitrogen and oxygen atoms in total. The Hall–Kier alpha value is -11.1. The Morgan fingerprint density at radius 3 is 1.68 bits per heavy atom. The molecule has 37 heteroatoms. The topological polar surface area (TPSA) is 582 Å². The number of nitrogens with one attached hydrogen (secondary N) is 10. The van der Waals surface area contributed by atoms with E-state index >= 15 is 4.79 Å². The molecule has 0 aliphatic carbocycles. The van der Waals surface area contributed by atoms with Gasteiger partial charge in [0.1, 0.15) is 54.4 Å². The van der Waals surface area contributed by atoms with Crippen LogP contribution in [0.15, 0.2) is 72.5 Å². The Balaban J connectivity index is 1.47. The first-order valence-electron chi connectivity index (χ1n) is 31.9. The minimum absolute atomic E-state index is 0.0383. The fraction of sp³-hybridized carbons (Fsp3) is 0.516. The summed E-state index contributed by atoms with van der Waals surface area (Å²) in [5.41, 5.74) is 15.3. The van der Waals surface area contributed by atoms with Gasteiger partial charge >= 0.3 is 23.3 Å². The van der Waals surface area contributed by atoms with Gasteiger partial charge in [0.15, 0.2) is 5.96 Å². The molecule has 99 heavy (non-hydrogen) atoms. The average Bonchev–Trinajstić information content (AvgIpc) is 1.74. The number of nitrogens with zero attached hydrogens (tertiary/aromatic N) is 6. The number of aromatic hydroxyl groups is 1. The lowest BCUT2D eigenvalue weighted by atomic mass is 9.95. The number of nitro groups is 2. The van der Waals surface area contributed by atoms with Crippen molar-refractivity contribution in [1.82, 2.24) is 67.4 Å². The molecule has 1 aliphatic heterocycles. The van der Waals surface area contributed by atoms with Gasteiger partial charge in [0.2, 0.25) is 53.2 Å². The number of aliphatic imine (C=N–C) groups is 1. The molecule has 538 valence electrons. The first kappa shape index (κ1) is 78.6. The lowest BCUT2D eigenvalue weighted by molar-refractivity contribution is -0.396. The van der Waals surface area contributed by atoms with Crippen LogP contribution in [0.3, 0.4) is 0 Å². The van der Waals surface area contributed by atoms with Crippen LogP contribution in [-0.4, -0.2) is 195 Å². The van der Waals surface area contributed by atoms with Gasteiger partial charge in [-0.1, -0.05) is 78.3 Å². The van der Waals surface area contributed by atoms with E-state index in [1.54, 1.807) is 58.0 Å². The molecular formula is C62H87N19O18. The Bertz CT molecular complexity index is 3500. The third-order valence-corrected chi connectivity index (χ3v) is 16.2. The fourth-order valence-corrected chi connectivity index (χ4v) is 10.8. The van der Waals surface area contributed by atoms with Crippen LogP contribution < -0.4 is 59.7 Å². The molecule has 2 aromatic carbocycles. The van der Waals surface area contributed by atoms with Crippen LogP contribution in [0.5, 0.6) is 5.75 Å². The van der Waals surface area contributed by atoms with Gasteiger partial charge in [0.25, 0.3) is 5.75 Å². The molecule has 0 bridgehead atoms. The molecule has 0 radical (unpaired) electrons. The quantitative estimate of drug-likeness (QED) is 0.00793. The van der Waals surface area contributed by atoms with E-state index < -0.39 is 177 Å². The lowest BCUT2D eigenvalue weighted by Gasteiger charge is -2.32. The van der Waals surface area contributed by atoms with Crippen LogP contribution in [0.4, 0.5) is 11.4 Å². The van der Waals surface area contributed by atoms with E-state index in [-0.39, 0.29) is 88.3 Å². The Morgan fingerprint density at radius 2 is 1.15 bits per heavy atom. The summed E-state index contributed by atoms with van der Waals surface area (Å²) in [7, 11) is 0. The summed E-state index contributed by atoms with van der Waals surface area (Å²) in [6, 6.07) is -5.25. The molecule has 4 aromatic rings. The summed E-state index contributed by atoms with van der Waals surface area (Å²) in [4.78, 5) is 194. The molecule has 1 saturated heterocycles. The van der Waals surface area contributed by atoms with Crippen LogP contribution in [0.25, 0.3) is 0 Å². The van der Waals surface area contributed by atoms with Crippen LogP contribution >= 0.6 is 0 Å². The van der Waals surface area contributed by atoms with Crippen molar-refractivity contribution in [2.45, 2.75) is 173 Å². The zero-order chi connectivity index (χ0) is 73.4. The number of carbonyl (C=O) groups excluding carboxylic acids is 9. The van der Waals surface area contributed by atoms with Gasteiger partial charge < -0.3 is 89.9 Å². The number of imidazole rings is 2. The SMILES string of the molecule is CCC(C)[C@H](NC(=O)[C@H](Cc1cc([N+](=O)[O-])c(O)c([N+](=O)[O-])c1)NC(=O)[C@@H](NC(=O)[C@H](CCCN=C(N)N)NC(=O)[C@@H](N)CC(=O)O)C(C)C)C(=O)N[C@@H](Cc1cnc[nH]1)C(=O)N1CCC[C@H]1C(=O)N[C@@H](Cc1ccccc1)C(=O)N[C@@H](Cc1cnc[nH]1)C(=O)N[C@@H](CC(C)C)C(=O)O. The summed E-state index contributed by atoms with van der Waals surface area (Å²) in [6.45, 7) is 9.62. The smallest absolute Gasteiger partial charge is 0.326 e. The van der Waals surface area contributed by atoms with Crippen molar-refractivity contribution >= 4 is 82.4 Å². The Kier molecular flexibility index (Phi) is 29.7. The minimum Gasteiger partial charge on any atom is -0.497 e. The van der Waals surface area contributed by atoms with Gasteiger partial charge in [0, 0.05) is 74.7 Å². The van der Waals surface area contributed by atoms with Gasteiger partial charge in [-0.05, 0) is 61.0 Å². The number of nitro benzene ring substituents is 2. The highest BCUT2D eigenvalue weighted by atomic mass is 16.6. The van der Waals surface area contributed by atoms with Crippen molar-refractivity contribution < 1.29 is 77.9 Å². The number of phenols is 1. The lowest BCUT2D eigenvalue weighted by Crippen LogP contribution is -2.62. The number of carbonyl (C=O) groups is 11. The largest absolute Gasteiger partial charge is 0.497 e. The highest BCUT2D eigenvalue weighted by Crippen LogP contribution is 2.37. The summed E-state index contributed by atoms with van der Waals surface area (Å²) >= 11 is 0. The van der Waals surface area contributed by atoms with Crippen molar-refractivity contribution in [2.24, 2.45) is 39.9 Å². The van der Waals surface area contributed by atoms with E-state index in [1.807, 2.05) is 0 Å². The number of hydrogen-bond acceptors (Lipinski definition) is 20. The molecule has 3 heterocycles. The highest BCUT2D eigenvalue weighted by Gasteiger charge is 2.42. The first-order valence-corrected chi connectivity index (χ1v) is 31.9. The van der Waals surface area contributed by atoms with E-state index in [9.17, 15) is 83.5 Å². The van der Waals surface area contributed by atoms with Gasteiger partial charge in [-0.2, -0.15) is 0 Å².